The number of nitrogens with zero attached hydrogens (tertiary/aromatic N) is 2. The number of aromatic nitrogens is 2. The molecule has 0 spiro atoms. The molecule has 0 aliphatic rings. The lowest BCUT2D eigenvalue weighted by Crippen LogP contribution is -2.20. The first-order chi connectivity index (χ1) is 9.47. The number of carbonyl (C=O) groups is 1. The zero-order valence-electron chi connectivity index (χ0n) is 11.0. The van der Waals surface area contributed by atoms with Crippen molar-refractivity contribution in [2.75, 3.05) is 10.6 Å². The second kappa shape index (κ2) is 5.70. The van der Waals surface area contributed by atoms with Gasteiger partial charge in [0.2, 0.25) is 0 Å². The van der Waals surface area contributed by atoms with Crippen molar-refractivity contribution >= 4 is 34.7 Å². The normalized spacial score (nSPS) is 10.1. The molecule has 6 nitrogen and oxygen atoms in total. The minimum atomic E-state index is -1.06. The summed E-state index contributed by atoms with van der Waals surface area (Å²) in [6, 6.07) is 7.70. The highest BCUT2D eigenvalue weighted by Gasteiger charge is 2.16. The summed E-state index contributed by atoms with van der Waals surface area (Å²) in [7, 11) is 1.56. The van der Waals surface area contributed by atoms with Crippen molar-refractivity contribution in [1.82, 2.24) is 9.78 Å². The van der Waals surface area contributed by atoms with Crippen molar-refractivity contribution in [2.24, 2.45) is 7.05 Å². The van der Waals surface area contributed by atoms with Gasteiger partial charge in [0.1, 0.15) is 0 Å². The molecule has 0 bridgehead atoms. The first-order valence-corrected chi connectivity index (χ1v) is 6.28. The Morgan fingerprint density at radius 1 is 1.40 bits per heavy atom. The first kappa shape index (κ1) is 14.0. The van der Waals surface area contributed by atoms with Gasteiger partial charge in [-0.2, -0.15) is 5.10 Å². The fourth-order valence-electron chi connectivity index (χ4n) is 1.79. The van der Waals surface area contributed by atoms with E-state index in [1.165, 1.54) is 10.9 Å². The van der Waals surface area contributed by atoms with E-state index >= 15 is 0 Å². The Balaban J connectivity index is 2.11. The van der Waals surface area contributed by atoms with Gasteiger partial charge in [-0.1, -0.05) is 12.1 Å². The number of hydrogen-bond acceptors (Lipinski definition) is 3. The molecular formula is C13H14N4O2S. The maximum absolute atomic E-state index is 11.1. The smallest absolute Gasteiger partial charge is 0.356 e. The quantitative estimate of drug-likeness (QED) is 0.752. The highest BCUT2D eigenvalue weighted by Crippen LogP contribution is 2.15. The molecular weight excluding hydrogens is 276 g/mol. The van der Waals surface area contributed by atoms with Crippen molar-refractivity contribution in [3.05, 3.63) is 41.7 Å². The molecule has 0 fully saturated rings. The van der Waals surface area contributed by atoms with E-state index in [1.54, 1.807) is 7.05 Å². The van der Waals surface area contributed by atoms with E-state index in [9.17, 15) is 4.79 Å². The molecule has 0 saturated heterocycles. The second-order valence-corrected chi connectivity index (χ2v) is 4.69. The van der Waals surface area contributed by atoms with E-state index in [0.29, 0.717) is 10.8 Å². The van der Waals surface area contributed by atoms with Crippen molar-refractivity contribution in [1.29, 1.82) is 0 Å². The van der Waals surface area contributed by atoms with Gasteiger partial charge in [-0.15, -0.1) is 0 Å². The molecule has 20 heavy (non-hydrogen) atoms. The van der Waals surface area contributed by atoms with Gasteiger partial charge in [-0.3, -0.25) is 4.68 Å². The summed E-state index contributed by atoms with van der Waals surface area (Å²) in [5.74, 6) is -1.06. The predicted molar refractivity (Wildman–Crippen MR) is 81.2 cm³/mol. The SMILES string of the molecule is Cc1cccc(NC(=S)Nc2cnn(C)c2C(=O)O)c1. The maximum Gasteiger partial charge on any atom is 0.356 e. The number of hydrogen-bond donors (Lipinski definition) is 3. The molecule has 0 saturated carbocycles. The molecule has 0 atom stereocenters. The Hall–Kier alpha value is -2.41. The third kappa shape index (κ3) is 3.12. The standard InChI is InChI=1S/C13H14N4O2S/c1-8-4-3-5-9(6-8)15-13(20)16-10-7-14-17(2)11(10)12(18)19/h3-7H,1-2H3,(H,18,19)(H2,15,16,20). The molecule has 2 aromatic rings. The summed E-state index contributed by atoms with van der Waals surface area (Å²) in [5, 5.41) is 19.2. The number of thiocarbonyl (C=S) groups is 1. The molecule has 1 aromatic heterocycles. The van der Waals surface area contributed by atoms with E-state index in [0.717, 1.165) is 11.3 Å². The van der Waals surface area contributed by atoms with Crippen LogP contribution in [0.5, 0.6) is 0 Å². The van der Waals surface area contributed by atoms with Crippen LogP contribution in [0.1, 0.15) is 16.1 Å². The number of aromatic carboxylic acids is 1. The minimum Gasteiger partial charge on any atom is -0.476 e. The summed E-state index contributed by atoms with van der Waals surface area (Å²) in [6.07, 6.45) is 1.42. The van der Waals surface area contributed by atoms with Crippen molar-refractivity contribution < 1.29 is 9.90 Å². The van der Waals surface area contributed by atoms with E-state index in [1.807, 2.05) is 31.2 Å². The van der Waals surface area contributed by atoms with E-state index in [-0.39, 0.29) is 5.69 Å². The molecule has 0 radical (unpaired) electrons. The lowest BCUT2D eigenvalue weighted by Gasteiger charge is -2.10. The van der Waals surface area contributed by atoms with Crippen LogP contribution in [0.15, 0.2) is 30.5 Å². The number of rotatable bonds is 3. The summed E-state index contributed by atoms with van der Waals surface area (Å²) < 4.78 is 1.28. The monoisotopic (exact) mass is 290 g/mol. The molecule has 7 heteroatoms. The number of carboxylic acid groups (broad SMARTS) is 1. The Bertz CT molecular complexity index is 666. The number of carboxylic acids is 1. The van der Waals surface area contributed by atoms with Crippen LogP contribution in [0.2, 0.25) is 0 Å². The summed E-state index contributed by atoms with van der Waals surface area (Å²) in [4.78, 5) is 11.1. The molecule has 3 N–H and O–H groups in total. The number of benzene rings is 1. The molecule has 0 aliphatic heterocycles. The van der Waals surface area contributed by atoms with Gasteiger partial charge in [-0.25, -0.2) is 4.79 Å². The maximum atomic E-state index is 11.1. The van der Waals surface area contributed by atoms with Crippen LogP contribution in [0.25, 0.3) is 0 Å². The van der Waals surface area contributed by atoms with Gasteiger partial charge in [-0.05, 0) is 36.8 Å². The fraction of sp³-hybridized carbons (Fsp3) is 0.154. The van der Waals surface area contributed by atoms with E-state index in [2.05, 4.69) is 15.7 Å². The summed E-state index contributed by atoms with van der Waals surface area (Å²) in [5.41, 5.74) is 2.34. The summed E-state index contributed by atoms with van der Waals surface area (Å²) >= 11 is 5.16. The molecule has 104 valence electrons. The molecule has 2 rings (SSSR count). The first-order valence-electron chi connectivity index (χ1n) is 5.87. The topological polar surface area (TPSA) is 79.2 Å². The highest BCUT2D eigenvalue weighted by molar-refractivity contribution is 7.80. The molecule has 0 amide bonds. The van der Waals surface area contributed by atoms with Crippen molar-refractivity contribution in [3.8, 4) is 0 Å². The molecule has 0 aliphatic carbocycles. The van der Waals surface area contributed by atoms with E-state index in [4.69, 9.17) is 17.3 Å². The zero-order valence-corrected chi connectivity index (χ0v) is 11.9. The third-order valence-corrected chi connectivity index (χ3v) is 2.87. The average molecular weight is 290 g/mol. The Morgan fingerprint density at radius 2 is 2.15 bits per heavy atom. The van der Waals surface area contributed by atoms with Gasteiger partial charge in [0, 0.05) is 12.7 Å². The largest absolute Gasteiger partial charge is 0.476 e. The summed E-state index contributed by atoms with van der Waals surface area (Å²) in [6.45, 7) is 1.98. The van der Waals surface area contributed by atoms with E-state index < -0.39 is 5.97 Å². The van der Waals surface area contributed by atoms with Gasteiger partial charge in [0.25, 0.3) is 0 Å². The Morgan fingerprint density at radius 3 is 2.80 bits per heavy atom. The fourth-order valence-corrected chi connectivity index (χ4v) is 2.02. The molecule has 1 aromatic carbocycles. The van der Waals surface area contributed by atoms with Crippen LogP contribution in [0, 0.1) is 6.92 Å². The van der Waals surface area contributed by atoms with Crippen LogP contribution in [0.3, 0.4) is 0 Å². The van der Waals surface area contributed by atoms with Crippen molar-refractivity contribution in [2.45, 2.75) is 6.92 Å². The lowest BCUT2D eigenvalue weighted by molar-refractivity contribution is 0.0686. The van der Waals surface area contributed by atoms with Crippen LogP contribution in [-0.4, -0.2) is 26.0 Å². The van der Waals surface area contributed by atoms with Gasteiger partial charge in [0.05, 0.1) is 11.9 Å². The Kier molecular flexibility index (Phi) is 3.99. The lowest BCUT2D eigenvalue weighted by atomic mass is 10.2. The number of nitrogens with one attached hydrogen (secondary N) is 2. The van der Waals surface area contributed by atoms with Gasteiger partial charge in [0.15, 0.2) is 10.8 Å². The minimum absolute atomic E-state index is 0.0541. The zero-order chi connectivity index (χ0) is 14.7. The molecule has 1 heterocycles. The van der Waals surface area contributed by atoms with Crippen LogP contribution in [-0.2, 0) is 7.05 Å². The Labute approximate surface area is 121 Å². The van der Waals surface area contributed by atoms with Crippen LogP contribution < -0.4 is 10.6 Å². The molecule has 0 unspecified atom stereocenters. The van der Waals surface area contributed by atoms with Gasteiger partial charge < -0.3 is 15.7 Å². The average Bonchev–Trinajstić information content (AvgIpc) is 2.70. The van der Waals surface area contributed by atoms with Crippen molar-refractivity contribution in [3.63, 3.8) is 0 Å². The predicted octanol–water partition coefficient (Wildman–Crippen LogP) is 2.24. The van der Waals surface area contributed by atoms with Crippen LogP contribution >= 0.6 is 12.2 Å². The highest BCUT2D eigenvalue weighted by atomic mass is 32.1. The number of anilines is 2. The van der Waals surface area contributed by atoms with Gasteiger partial charge >= 0.3 is 5.97 Å². The second-order valence-electron chi connectivity index (χ2n) is 4.28. The van der Waals surface area contributed by atoms with Crippen LogP contribution in [0.4, 0.5) is 11.4 Å². The number of aryl methyl sites for hydroxylation is 2. The third-order valence-electron chi connectivity index (χ3n) is 2.67.